The van der Waals surface area contributed by atoms with Crippen molar-refractivity contribution in [1.82, 2.24) is 24.7 Å². The summed E-state index contributed by atoms with van der Waals surface area (Å²) in [4.78, 5) is 14.0. The van der Waals surface area contributed by atoms with E-state index in [4.69, 9.17) is 4.74 Å². The molecular weight excluding hydrogens is 349 g/mol. The molecule has 2 heterocycles. The third-order valence-electron chi connectivity index (χ3n) is 4.03. The summed E-state index contributed by atoms with van der Waals surface area (Å²) in [5.74, 6) is -0.915. The van der Waals surface area contributed by atoms with Crippen LogP contribution in [0.1, 0.15) is 28.8 Å². The van der Waals surface area contributed by atoms with E-state index in [2.05, 4.69) is 15.3 Å². The molecule has 0 radical (unpaired) electrons. The monoisotopic (exact) mass is 369 g/mol. The van der Waals surface area contributed by atoms with Gasteiger partial charge in [-0.05, 0) is 30.2 Å². The highest BCUT2D eigenvalue weighted by Gasteiger charge is 2.22. The largest absolute Gasteiger partial charge is 0.464 e. The van der Waals surface area contributed by atoms with Crippen LogP contribution in [0.5, 0.6) is 0 Å². The molecule has 2 aromatic heterocycles. The number of ether oxygens (including phenoxy) is 1. The number of fused-ring (bicyclic) bond motifs is 1. The van der Waals surface area contributed by atoms with Crippen molar-refractivity contribution in [2.75, 3.05) is 21.2 Å². The highest BCUT2D eigenvalue weighted by atomic mass is 19.1. The van der Waals surface area contributed by atoms with Crippen molar-refractivity contribution in [3.63, 3.8) is 0 Å². The fourth-order valence-corrected chi connectivity index (χ4v) is 2.73. The highest BCUT2D eigenvalue weighted by molar-refractivity contribution is 5.91. The number of benzene rings is 1. The Balaban J connectivity index is 2.32. The third-order valence-corrected chi connectivity index (χ3v) is 4.03. The first kappa shape index (κ1) is 18.5. The predicted octanol–water partition coefficient (Wildman–Crippen LogP) is 2.81. The van der Waals surface area contributed by atoms with Crippen LogP contribution in [0.25, 0.3) is 22.9 Å². The maximum atomic E-state index is 13.3. The quantitative estimate of drug-likeness (QED) is 0.644. The predicted molar refractivity (Wildman–Crippen MR) is 99.6 cm³/mol. The van der Waals surface area contributed by atoms with E-state index in [1.807, 2.05) is 25.9 Å². The van der Waals surface area contributed by atoms with Gasteiger partial charge in [-0.1, -0.05) is 19.1 Å². The van der Waals surface area contributed by atoms with Gasteiger partial charge in [0.2, 0.25) is 0 Å². The van der Waals surface area contributed by atoms with Crippen molar-refractivity contribution in [2.45, 2.75) is 13.3 Å². The molecular formula is C19H20FN5O2. The first-order chi connectivity index (χ1) is 13.0. The van der Waals surface area contributed by atoms with Crippen molar-refractivity contribution in [1.29, 1.82) is 0 Å². The van der Waals surface area contributed by atoms with E-state index < -0.39 is 5.97 Å². The van der Waals surface area contributed by atoms with Crippen LogP contribution in [0.2, 0.25) is 0 Å². The molecule has 0 aliphatic carbocycles. The lowest BCUT2D eigenvalue weighted by Crippen LogP contribution is -2.13. The summed E-state index contributed by atoms with van der Waals surface area (Å²) >= 11 is 0. The molecule has 0 saturated carbocycles. The molecule has 27 heavy (non-hydrogen) atoms. The SMILES string of the molecule is CCc1nn2c(/C=C/N(C)C)c(C(=O)OC)nnc2c1-c1ccc(F)cc1. The minimum atomic E-state index is -0.598. The molecule has 0 bridgehead atoms. The average molecular weight is 369 g/mol. The zero-order chi connectivity index (χ0) is 19.6. The maximum absolute atomic E-state index is 13.3. The van der Waals surface area contributed by atoms with Gasteiger partial charge in [0, 0.05) is 20.3 Å². The van der Waals surface area contributed by atoms with Gasteiger partial charge < -0.3 is 9.64 Å². The molecule has 1 aromatic carbocycles. The van der Waals surface area contributed by atoms with Gasteiger partial charge >= 0.3 is 5.97 Å². The van der Waals surface area contributed by atoms with Crippen LogP contribution in [0, 0.1) is 5.82 Å². The summed E-state index contributed by atoms with van der Waals surface area (Å²) in [7, 11) is 5.02. The van der Waals surface area contributed by atoms with Gasteiger partial charge in [-0.25, -0.2) is 13.7 Å². The van der Waals surface area contributed by atoms with Gasteiger partial charge in [0.05, 0.1) is 18.4 Å². The smallest absolute Gasteiger partial charge is 0.360 e. The summed E-state index contributed by atoms with van der Waals surface area (Å²) in [6, 6.07) is 6.14. The Bertz CT molecular complexity index is 1010. The Labute approximate surface area is 156 Å². The van der Waals surface area contributed by atoms with Gasteiger partial charge in [0.15, 0.2) is 11.3 Å². The Morgan fingerprint density at radius 3 is 2.56 bits per heavy atom. The summed E-state index contributed by atoms with van der Waals surface area (Å²) < 4.78 is 19.7. The van der Waals surface area contributed by atoms with E-state index in [-0.39, 0.29) is 11.5 Å². The molecule has 7 nitrogen and oxygen atoms in total. The molecule has 0 saturated heterocycles. The molecule has 0 N–H and O–H groups in total. The topological polar surface area (TPSA) is 72.6 Å². The van der Waals surface area contributed by atoms with Gasteiger partial charge in [-0.3, -0.25) is 0 Å². The zero-order valence-corrected chi connectivity index (χ0v) is 15.6. The van der Waals surface area contributed by atoms with E-state index in [0.29, 0.717) is 17.8 Å². The summed E-state index contributed by atoms with van der Waals surface area (Å²) in [5, 5.41) is 12.9. The van der Waals surface area contributed by atoms with E-state index in [1.165, 1.54) is 19.2 Å². The van der Waals surface area contributed by atoms with Gasteiger partial charge in [0.1, 0.15) is 11.5 Å². The molecule has 0 amide bonds. The Hall–Kier alpha value is -3.29. The second-order valence-corrected chi connectivity index (χ2v) is 6.12. The molecule has 0 unspecified atom stereocenters. The molecule has 140 valence electrons. The molecule has 0 spiro atoms. The normalized spacial score (nSPS) is 11.3. The minimum Gasteiger partial charge on any atom is -0.464 e. The summed E-state index contributed by atoms with van der Waals surface area (Å²) in [6.45, 7) is 1.97. The fourth-order valence-electron chi connectivity index (χ4n) is 2.73. The summed E-state index contributed by atoms with van der Waals surface area (Å²) in [6.07, 6.45) is 4.16. The van der Waals surface area contributed by atoms with Crippen LogP contribution < -0.4 is 0 Å². The number of methoxy groups -OCH3 is 1. The number of nitrogens with zero attached hydrogens (tertiary/aromatic N) is 5. The minimum absolute atomic E-state index is 0.0684. The van der Waals surface area contributed by atoms with Crippen molar-refractivity contribution in [3.8, 4) is 11.1 Å². The van der Waals surface area contributed by atoms with E-state index in [9.17, 15) is 9.18 Å². The van der Waals surface area contributed by atoms with E-state index in [1.54, 1.807) is 28.9 Å². The number of carbonyl (C=O) groups excluding carboxylic acids is 1. The molecule has 0 aliphatic heterocycles. The number of esters is 1. The van der Waals surface area contributed by atoms with Crippen LogP contribution in [0.15, 0.2) is 30.5 Å². The maximum Gasteiger partial charge on any atom is 0.360 e. The standard InChI is InChI=1S/C19H20FN5O2/c1-5-14-16(12-6-8-13(20)9-7-12)18-22-21-17(19(26)27-4)15(25(18)23-14)10-11-24(2)3/h6-11H,5H2,1-4H3/b11-10+. The third kappa shape index (κ3) is 3.51. The fraction of sp³-hybridized carbons (Fsp3) is 0.263. The Morgan fingerprint density at radius 2 is 1.96 bits per heavy atom. The molecule has 3 aromatic rings. The number of rotatable bonds is 5. The Morgan fingerprint density at radius 1 is 1.26 bits per heavy atom. The zero-order valence-electron chi connectivity index (χ0n) is 15.6. The number of hydrogen-bond acceptors (Lipinski definition) is 6. The number of carbonyl (C=O) groups is 1. The molecule has 3 rings (SSSR count). The van der Waals surface area contributed by atoms with E-state index >= 15 is 0 Å². The molecule has 0 fully saturated rings. The number of hydrogen-bond donors (Lipinski definition) is 0. The van der Waals surface area contributed by atoms with Crippen molar-refractivity contribution in [3.05, 3.63) is 53.4 Å². The molecule has 0 atom stereocenters. The van der Waals surface area contributed by atoms with Crippen LogP contribution in [-0.2, 0) is 11.2 Å². The van der Waals surface area contributed by atoms with Crippen LogP contribution >= 0.6 is 0 Å². The summed E-state index contributed by atoms with van der Waals surface area (Å²) in [5.41, 5.74) is 3.34. The molecule has 0 aliphatic rings. The Kier molecular flexibility index (Phi) is 5.16. The van der Waals surface area contributed by atoms with Gasteiger partial charge in [-0.15, -0.1) is 10.2 Å². The van der Waals surface area contributed by atoms with Crippen LogP contribution in [0.3, 0.4) is 0 Å². The number of aryl methyl sites for hydroxylation is 1. The van der Waals surface area contributed by atoms with Gasteiger partial charge in [-0.2, -0.15) is 5.10 Å². The van der Waals surface area contributed by atoms with Crippen molar-refractivity contribution < 1.29 is 13.9 Å². The lowest BCUT2D eigenvalue weighted by Gasteiger charge is -2.07. The van der Waals surface area contributed by atoms with Gasteiger partial charge in [0.25, 0.3) is 0 Å². The second-order valence-electron chi connectivity index (χ2n) is 6.12. The van der Waals surface area contributed by atoms with Crippen LogP contribution in [0.4, 0.5) is 4.39 Å². The molecule has 8 heteroatoms. The first-order valence-electron chi connectivity index (χ1n) is 8.43. The first-order valence-corrected chi connectivity index (χ1v) is 8.43. The average Bonchev–Trinajstić information content (AvgIpc) is 3.04. The highest BCUT2D eigenvalue weighted by Crippen LogP contribution is 2.29. The lowest BCUT2D eigenvalue weighted by atomic mass is 10.0. The number of aromatic nitrogens is 4. The van der Waals surface area contributed by atoms with Crippen molar-refractivity contribution in [2.24, 2.45) is 0 Å². The second kappa shape index (κ2) is 7.53. The number of halogens is 1. The van der Waals surface area contributed by atoms with Crippen LogP contribution in [-0.4, -0.2) is 51.9 Å². The van der Waals surface area contributed by atoms with E-state index in [0.717, 1.165) is 16.8 Å². The lowest BCUT2D eigenvalue weighted by molar-refractivity contribution is 0.0591. The van der Waals surface area contributed by atoms with Crippen molar-refractivity contribution >= 4 is 17.7 Å².